The van der Waals surface area contributed by atoms with E-state index >= 15 is 0 Å². The van der Waals surface area contributed by atoms with E-state index in [9.17, 15) is 31.1 Å². The molecule has 67 heavy (non-hydrogen) atoms. The summed E-state index contributed by atoms with van der Waals surface area (Å²) < 4.78 is 79.4. The standard InChI is InChI=1S/C12H8F2N.2C11H6F2N.C9H7N2.C6H5NO2.4Ir/c1-8-4-5-15-12(6-8)10-3-2-9(13)7-11(10)14;2*12-8-4-5-9(10(13)7-8)11-3-1-2-6-14-11;1-2-5-9(6-3-1)11-8-4-7-10-11;8-6(9)5-3-1-2-4-7-5;;;;/h2,4-7H,1H3;2*1-4,6-7H;1-5,7-8H;1-4H,(H,8,9);;;;/q4*-1;;;;;. The van der Waals surface area contributed by atoms with Crippen LogP contribution in [0.2, 0.25) is 0 Å². The molecular formula is C49H32F6Ir4N6O2-4. The zero-order valence-corrected chi connectivity index (χ0v) is 43.9. The largest absolute Gasteiger partial charge is 0.477 e. The fourth-order valence-electron chi connectivity index (χ4n) is 5.04. The van der Waals surface area contributed by atoms with E-state index in [-0.39, 0.29) is 103 Å². The molecule has 1 N–H and O–H groups in total. The molecule has 0 atom stereocenters. The number of para-hydroxylation sites is 1. The molecule has 0 spiro atoms. The Morgan fingerprint density at radius 3 is 1.33 bits per heavy atom. The SMILES string of the molecule is Cc1ccnc(-c2[c-]cc(F)cc2F)c1.Fc1c[c-]c(-c2ccccn2)c(F)c1.Fc1c[c-]c(-c2ccccn2)c(F)c1.O=C(O)c1ccccn1.[Ir].[Ir].[Ir].[Ir].[c-]1ccccc1-n1cccn1. The second-order valence-corrected chi connectivity index (χ2v) is 12.5. The van der Waals surface area contributed by atoms with Gasteiger partial charge in [0.15, 0.2) is 0 Å². The maximum absolute atomic E-state index is 13.4. The fraction of sp³-hybridized carbons (Fsp3) is 0.0204. The van der Waals surface area contributed by atoms with Crippen LogP contribution < -0.4 is 0 Å². The third-order valence-corrected chi connectivity index (χ3v) is 7.92. The van der Waals surface area contributed by atoms with Gasteiger partial charge in [-0.25, -0.2) is 9.78 Å². The van der Waals surface area contributed by atoms with Gasteiger partial charge in [-0.3, -0.25) is 31.0 Å². The van der Waals surface area contributed by atoms with Crippen LogP contribution in [0.25, 0.3) is 39.5 Å². The van der Waals surface area contributed by atoms with Crippen LogP contribution in [0, 0.1) is 66.1 Å². The summed E-state index contributed by atoms with van der Waals surface area (Å²) >= 11 is 0. The van der Waals surface area contributed by atoms with Gasteiger partial charge in [-0.1, -0.05) is 76.9 Å². The summed E-state index contributed by atoms with van der Waals surface area (Å²) in [6, 6.07) is 44.5. The number of aryl methyl sites for hydroxylation is 1. The molecular weight excluding hydrogens is 1590 g/mol. The van der Waals surface area contributed by atoms with Gasteiger partial charge in [0, 0.05) is 153 Å². The molecule has 5 heterocycles. The van der Waals surface area contributed by atoms with Crippen LogP contribution in [-0.2, 0) is 80.4 Å². The van der Waals surface area contributed by atoms with Crippen LogP contribution in [0.4, 0.5) is 26.3 Å². The predicted octanol–water partition coefficient (Wildman–Crippen LogP) is 11.2. The Balaban J connectivity index is 0.000000416. The topological polar surface area (TPSA) is 107 Å². The number of carboxylic acid groups (broad SMARTS) is 1. The quantitative estimate of drug-likeness (QED) is 0.135. The molecule has 4 aromatic carbocycles. The van der Waals surface area contributed by atoms with Crippen molar-refractivity contribution in [3.05, 3.63) is 241 Å². The molecule has 0 saturated carbocycles. The fourth-order valence-corrected chi connectivity index (χ4v) is 5.04. The van der Waals surface area contributed by atoms with Gasteiger partial charge in [-0.15, -0.1) is 42.5 Å². The second-order valence-electron chi connectivity index (χ2n) is 12.5. The molecule has 0 aliphatic heterocycles. The van der Waals surface area contributed by atoms with Gasteiger partial charge in [0.2, 0.25) is 0 Å². The van der Waals surface area contributed by atoms with E-state index < -0.39 is 40.9 Å². The van der Waals surface area contributed by atoms with Crippen molar-refractivity contribution in [2.75, 3.05) is 0 Å². The van der Waals surface area contributed by atoms with Crippen molar-refractivity contribution in [2.45, 2.75) is 6.92 Å². The average molecular weight is 1620 g/mol. The first-order valence-electron chi connectivity index (χ1n) is 18.5. The molecule has 4 radical (unpaired) electrons. The number of aromatic nitrogens is 6. The number of carbonyl (C=O) groups is 1. The van der Waals surface area contributed by atoms with Crippen LogP contribution in [-0.4, -0.2) is 40.8 Å². The Morgan fingerprint density at radius 2 is 0.970 bits per heavy atom. The van der Waals surface area contributed by atoms with E-state index in [1.54, 1.807) is 84.1 Å². The van der Waals surface area contributed by atoms with Crippen molar-refractivity contribution in [2.24, 2.45) is 0 Å². The van der Waals surface area contributed by atoms with Crippen molar-refractivity contribution in [3.63, 3.8) is 0 Å². The number of rotatable bonds is 5. The van der Waals surface area contributed by atoms with E-state index in [0.29, 0.717) is 17.1 Å². The number of carboxylic acids is 1. The molecule has 9 aromatic rings. The number of pyridine rings is 4. The van der Waals surface area contributed by atoms with Gasteiger partial charge in [-0.05, 0) is 66.1 Å². The summed E-state index contributed by atoms with van der Waals surface area (Å²) in [6.07, 6.45) is 9.77. The molecule has 8 nitrogen and oxygen atoms in total. The Labute approximate surface area is 436 Å². The second kappa shape index (κ2) is 31.3. The summed E-state index contributed by atoms with van der Waals surface area (Å²) in [7, 11) is 0. The maximum Gasteiger partial charge on any atom is 0.354 e. The van der Waals surface area contributed by atoms with Crippen LogP contribution in [0.3, 0.4) is 0 Å². The molecule has 0 unspecified atom stereocenters. The van der Waals surface area contributed by atoms with Gasteiger partial charge in [0.05, 0.1) is 0 Å². The molecule has 0 aliphatic carbocycles. The summed E-state index contributed by atoms with van der Waals surface area (Å²) in [4.78, 5) is 25.6. The summed E-state index contributed by atoms with van der Waals surface area (Å²) in [5.41, 5.74) is 3.95. The van der Waals surface area contributed by atoms with Gasteiger partial charge >= 0.3 is 5.97 Å². The molecule has 9 rings (SSSR count). The Morgan fingerprint density at radius 1 is 0.507 bits per heavy atom. The molecule has 0 bridgehead atoms. The molecule has 5 aromatic heterocycles. The number of aromatic carboxylic acids is 1. The number of benzene rings is 4. The molecule has 0 amide bonds. The Hall–Kier alpha value is -5.66. The molecule has 0 saturated heterocycles. The van der Waals surface area contributed by atoms with Crippen LogP contribution >= 0.6 is 0 Å². The minimum atomic E-state index is -0.990. The van der Waals surface area contributed by atoms with Crippen LogP contribution in [0.15, 0.2) is 171 Å². The van der Waals surface area contributed by atoms with Crippen molar-refractivity contribution < 1.29 is 117 Å². The van der Waals surface area contributed by atoms with E-state index in [0.717, 1.165) is 47.6 Å². The Bertz CT molecular complexity index is 2720. The monoisotopic (exact) mass is 1620 g/mol. The van der Waals surface area contributed by atoms with Crippen molar-refractivity contribution in [1.29, 1.82) is 0 Å². The summed E-state index contributed by atoms with van der Waals surface area (Å²) in [6.45, 7) is 1.88. The maximum atomic E-state index is 13.4. The smallest absolute Gasteiger partial charge is 0.354 e. The van der Waals surface area contributed by atoms with Gasteiger partial charge < -0.3 is 20.1 Å². The number of nitrogens with zero attached hydrogens (tertiary/aromatic N) is 6. The van der Waals surface area contributed by atoms with Crippen molar-refractivity contribution >= 4 is 5.97 Å². The van der Waals surface area contributed by atoms with Crippen LogP contribution in [0.1, 0.15) is 16.1 Å². The summed E-state index contributed by atoms with van der Waals surface area (Å²) in [5, 5.41) is 12.4. The van der Waals surface area contributed by atoms with Crippen molar-refractivity contribution in [3.8, 4) is 39.5 Å². The van der Waals surface area contributed by atoms with Crippen molar-refractivity contribution in [1.82, 2.24) is 29.7 Å². The predicted molar refractivity (Wildman–Crippen MR) is 224 cm³/mol. The third-order valence-electron chi connectivity index (χ3n) is 7.92. The van der Waals surface area contributed by atoms with Gasteiger partial charge in [0.25, 0.3) is 0 Å². The Kier molecular flexibility index (Phi) is 27.8. The molecule has 18 heteroatoms. The van der Waals surface area contributed by atoms with Gasteiger partial charge in [-0.2, -0.15) is 29.4 Å². The normalized spacial score (nSPS) is 9.36. The zero-order valence-electron chi connectivity index (χ0n) is 34.3. The zero-order chi connectivity index (χ0) is 45.0. The van der Waals surface area contributed by atoms with E-state index in [2.05, 4.69) is 49.3 Å². The minimum Gasteiger partial charge on any atom is -0.477 e. The first-order chi connectivity index (χ1) is 30.5. The first-order valence-corrected chi connectivity index (χ1v) is 18.5. The molecule has 0 aliphatic rings. The van der Waals surface area contributed by atoms with Crippen LogP contribution in [0.5, 0.6) is 0 Å². The molecule has 352 valence electrons. The average Bonchev–Trinajstić information content (AvgIpc) is 3.84. The third kappa shape index (κ3) is 19.6. The van der Waals surface area contributed by atoms with E-state index in [1.165, 1.54) is 12.3 Å². The summed E-state index contributed by atoms with van der Waals surface area (Å²) in [5.74, 6) is -4.84. The minimum absolute atomic E-state index is 0. The van der Waals surface area contributed by atoms with Gasteiger partial charge in [0.1, 0.15) is 5.69 Å². The number of hydrogen-bond acceptors (Lipinski definition) is 6. The van der Waals surface area contributed by atoms with E-state index in [1.807, 2.05) is 49.5 Å². The number of hydrogen-bond donors (Lipinski definition) is 1. The first kappa shape index (κ1) is 59.4. The number of halogens is 6. The molecule has 0 fully saturated rings. The van der Waals surface area contributed by atoms with E-state index in [4.69, 9.17) is 5.11 Å².